The normalized spacial score (nSPS) is 11.6. The van der Waals surface area contributed by atoms with Crippen LogP contribution in [0.5, 0.6) is 0 Å². The lowest BCUT2D eigenvalue weighted by molar-refractivity contribution is 0.669. The molecule has 0 atom stereocenters. The molecule has 0 radical (unpaired) electrons. The molecule has 0 saturated carbocycles. The van der Waals surface area contributed by atoms with Crippen molar-refractivity contribution in [3.8, 4) is 33.4 Å². The highest BCUT2D eigenvalue weighted by Crippen LogP contribution is 2.45. The van der Waals surface area contributed by atoms with Gasteiger partial charge in [-0.2, -0.15) is 0 Å². The summed E-state index contributed by atoms with van der Waals surface area (Å²) in [5, 5.41) is 9.74. The number of hydrogen-bond donors (Lipinski definition) is 0. The van der Waals surface area contributed by atoms with Crippen LogP contribution in [0.15, 0.2) is 217 Å². The smallest absolute Gasteiger partial charge is 0.136 e. The van der Waals surface area contributed by atoms with Gasteiger partial charge in [-0.1, -0.05) is 152 Å². The Morgan fingerprint density at radius 2 is 0.911 bits per heavy atom. The molecule has 0 fully saturated rings. The van der Waals surface area contributed by atoms with E-state index in [0.717, 1.165) is 50.1 Å². The molecule has 0 amide bonds. The van der Waals surface area contributed by atoms with E-state index in [-0.39, 0.29) is 0 Å². The van der Waals surface area contributed by atoms with Crippen LogP contribution in [0.25, 0.3) is 87.6 Å². The predicted molar refractivity (Wildman–Crippen MR) is 237 cm³/mol. The quantitative estimate of drug-likeness (QED) is 0.160. The van der Waals surface area contributed by atoms with Crippen molar-refractivity contribution in [1.82, 2.24) is 0 Å². The summed E-state index contributed by atoms with van der Waals surface area (Å²) in [6.07, 6.45) is 0. The number of nitrogens with zero attached hydrogens (tertiary/aromatic N) is 1. The zero-order valence-corrected chi connectivity index (χ0v) is 30.6. The second-order valence-corrected chi connectivity index (χ2v) is 14.5. The van der Waals surface area contributed by atoms with Crippen molar-refractivity contribution >= 4 is 71.3 Å². The molecule has 1 heterocycles. The standard InChI is InChI=1S/C54H35NO/c1-2-13-38-32-40(25-24-36(38)12-1)39-15-11-16-44(33-39)55(43-29-26-37(27-30-43)41-28-31-50-49-21-8-10-23-53(49)56-54(50)35-41)52-22-9-7-20-48(52)51-34-42-14-3-4-17-45(42)46-18-5-6-19-47(46)51/h1-35H. The van der Waals surface area contributed by atoms with Gasteiger partial charge >= 0.3 is 0 Å². The van der Waals surface area contributed by atoms with Crippen LogP contribution in [0.3, 0.4) is 0 Å². The summed E-state index contributed by atoms with van der Waals surface area (Å²) in [6.45, 7) is 0. The Balaban J connectivity index is 1.08. The zero-order valence-electron chi connectivity index (χ0n) is 30.6. The lowest BCUT2D eigenvalue weighted by atomic mass is 9.92. The molecule has 0 bridgehead atoms. The van der Waals surface area contributed by atoms with Crippen LogP contribution < -0.4 is 4.90 Å². The largest absolute Gasteiger partial charge is 0.456 e. The van der Waals surface area contributed by atoms with E-state index in [2.05, 4.69) is 205 Å². The summed E-state index contributed by atoms with van der Waals surface area (Å²) in [4.78, 5) is 2.41. The van der Waals surface area contributed by atoms with Gasteiger partial charge in [0.2, 0.25) is 0 Å². The van der Waals surface area contributed by atoms with Crippen LogP contribution in [0.2, 0.25) is 0 Å². The van der Waals surface area contributed by atoms with Crippen molar-refractivity contribution in [1.29, 1.82) is 0 Å². The minimum absolute atomic E-state index is 0.899. The highest BCUT2D eigenvalue weighted by atomic mass is 16.3. The van der Waals surface area contributed by atoms with Gasteiger partial charge in [0.1, 0.15) is 11.2 Å². The summed E-state index contributed by atoms with van der Waals surface area (Å²) in [7, 11) is 0. The second-order valence-electron chi connectivity index (χ2n) is 14.5. The molecule has 2 nitrogen and oxygen atoms in total. The van der Waals surface area contributed by atoms with Crippen molar-refractivity contribution in [3.63, 3.8) is 0 Å². The fourth-order valence-corrected chi connectivity index (χ4v) is 8.50. The number of anilines is 3. The molecule has 0 aliphatic rings. The van der Waals surface area contributed by atoms with E-state index >= 15 is 0 Å². The Kier molecular flexibility index (Phi) is 7.53. The Morgan fingerprint density at radius 3 is 1.79 bits per heavy atom. The Hall–Kier alpha value is -7.42. The first-order chi connectivity index (χ1) is 27.7. The molecule has 0 aliphatic carbocycles. The number of benzene rings is 10. The van der Waals surface area contributed by atoms with E-state index in [4.69, 9.17) is 4.42 Å². The van der Waals surface area contributed by atoms with E-state index in [1.807, 2.05) is 12.1 Å². The van der Waals surface area contributed by atoms with Gasteiger partial charge < -0.3 is 9.32 Å². The first-order valence-corrected chi connectivity index (χ1v) is 19.2. The number of rotatable bonds is 6. The van der Waals surface area contributed by atoms with Gasteiger partial charge in [-0.25, -0.2) is 0 Å². The Morgan fingerprint density at radius 1 is 0.286 bits per heavy atom. The molecule has 0 N–H and O–H groups in total. The van der Waals surface area contributed by atoms with E-state index in [1.165, 1.54) is 54.6 Å². The van der Waals surface area contributed by atoms with Crippen LogP contribution in [-0.2, 0) is 0 Å². The third kappa shape index (κ3) is 5.42. The Labute approximate surface area is 325 Å². The van der Waals surface area contributed by atoms with Gasteiger partial charge in [-0.3, -0.25) is 0 Å². The average molecular weight is 714 g/mol. The number of para-hydroxylation sites is 2. The molecule has 1 aromatic heterocycles. The first-order valence-electron chi connectivity index (χ1n) is 19.2. The van der Waals surface area contributed by atoms with E-state index < -0.39 is 0 Å². The van der Waals surface area contributed by atoms with Gasteiger partial charge in [0.05, 0.1) is 5.69 Å². The third-order valence-electron chi connectivity index (χ3n) is 11.2. The molecule has 10 aromatic carbocycles. The maximum atomic E-state index is 6.27. The lowest BCUT2D eigenvalue weighted by Gasteiger charge is -2.29. The molecule has 0 spiro atoms. The highest BCUT2D eigenvalue weighted by Gasteiger charge is 2.20. The van der Waals surface area contributed by atoms with Gasteiger partial charge in [0.15, 0.2) is 0 Å². The minimum atomic E-state index is 0.899. The molecule has 0 unspecified atom stereocenters. The zero-order chi connectivity index (χ0) is 37.0. The van der Waals surface area contributed by atoms with Crippen molar-refractivity contribution in [2.45, 2.75) is 0 Å². The van der Waals surface area contributed by atoms with Crippen LogP contribution in [0.4, 0.5) is 17.1 Å². The summed E-state index contributed by atoms with van der Waals surface area (Å²) in [5.41, 5.74) is 12.1. The molecule has 11 aromatic rings. The third-order valence-corrected chi connectivity index (χ3v) is 11.2. The van der Waals surface area contributed by atoms with Crippen LogP contribution in [0.1, 0.15) is 0 Å². The highest BCUT2D eigenvalue weighted by molar-refractivity contribution is 6.15. The maximum absolute atomic E-state index is 6.27. The van der Waals surface area contributed by atoms with Crippen molar-refractivity contribution in [2.75, 3.05) is 4.90 Å². The Bertz CT molecular complexity index is 3260. The fourth-order valence-electron chi connectivity index (χ4n) is 8.50. The molecule has 262 valence electrons. The summed E-state index contributed by atoms with van der Waals surface area (Å²) in [5.74, 6) is 0. The van der Waals surface area contributed by atoms with Gasteiger partial charge in [0, 0.05) is 27.7 Å². The number of fused-ring (bicyclic) bond motifs is 7. The van der Waals surface area contributed by atoms with Crippen LogP contribution in [-0.4, -0.2) is 0 Å². The molecule has 0 aliphatic heterocycles. The van der Waals surface area contributed by atoms with Crippen molar-refractivity contribution in [3.05, 3.63) is 212 Å². The number of furan rings is 1. The molecule has 0 saturated heterocycles. The van der Waals surface area contributed by atoms with Crippen molar-refractivity contribution < 1.29 is 4.42 Å². The first kappa shape index (κ1) is 32.0. The summed E-state index contributed by atoms with van der Waals surface area (Å²) < 4.78 is 6.27. The number of hydrogen-bond acceptors (Lipinski definition) is 2. The SMILES string of the molecule is c1cc(-c2ccc3ccccc3c2)cc(N(c2ccc(-c3ccc4c(c3)oc3ccccc34)cc2)c2ccccc2-c2cc3ccccc3c3ccccc23)c1. The molecule has 11 rings (SSSR count). The second kappa shape index (κ2) is 13.2. The lowest BCUT2D eigenvalue weighted by Crippen LogP contribution is -2.11. The molecular formula is C54H35NO. The minimum Gasteiger partial charge on any atom is -0.456 e. The van der Waals surface area contributed by atoms with Gasteiger partial charge in [-0.05, 0) is 121 Å². The molecular weight excluding hydrogens is 679 g/mol. The van der Waals surface area contributed by atoms with Gasteiger partial charge in [-0.15, -0.1) is 0 Å². The van der Waals surface area contributed by atoms with Crippen molar-refractivity contribution in [2.24, 2.45) is 0 Å². The average Bonchev–Trinajstić information content (AvgIpc) is 3.65. The topological polar surface area (TPSA) is 16.4 Å². The van der Waals surface area contributed by atoms with E-state index in [0.29, 0.717) is 0 Å². The fraction of sp³-hybridized carbons (Fsp3) is 0. The molecule has 56 heavy (non-hydrogen) atoms. The van der Waals surface area contributed by atoms with E-state index in [9.17, 15) is 0 Å². The van der Waals surface area contributed by atoms with Crippen LogP contribution in [0, 0.1) is 0 Å². The predicted octanol–water partition coefficient (Wildman–Crippen LogP) is 15.5. The summed E-state index contributed by atoms with van der Waals surface area (Å²) >= 11 is 0. The summed E-state index contributed by atoms with van der Waals surface area (Å²) in [6, 6.07) is 76.7. The monoisotopic (exact) mass is 713 g/mol. The van der Waals surface area contributed by atoms with Crippen LogP contribution >= 0.6 is 0 Å². The maximum Gasteiger partial charge on any atom is 0.136 e. The molecule has 2 heteroatoms. The van der Waals surface area contributed by atoms with Gasteiger partial charge in [0.25, 0.3) is 0 Å². The van der Waals surface area contributed by atoms with E-state index in [1.54, 1.807) is 0 Å².